The first kappa shape index (κ1) is 14.1. The Morgan fingerprint density at radius 3 is 2.95 bits per heavy atom. The fraction of sp³-hybridized carbons (Fsp3) is 0.562. The summed E-state index contributed by atoms with van der Waals surface area (Å²) in [6.45, 7) is 4.98. The van der Waals surface area contributed by atoms with Crippen LogP contribution >= 0.6 is 0 Å². The van der Waals surface area contributed by atoms with Gasteiger partial charge in [-0.25, -0.2) is 0 Å². The largest absolute Gasteiger partial charge is 0.342 e. The van der Waals surface area contributed by atoms with Crippen LogP contribution in [0.3, 0.4) is 0 Å². The van der Waals surface area contributed by atoms with Crippen LogP contribution in [-0.2, 0) is 11.2 Å². The van der Waals surface area contributed by atoms with Crippen molar-refractivity contribution in [3.8, 4) is 0 Å². The molecule has 1 aliphatic heterocycles. The summed E-state index contributed by atoms with van der Waals surface area (Å²) in [5.41, 5.74) is 2.58. The van der Waals surface area contributed by atoms with E-state index in [2.05, 4.69) is 24.4 Å². The zero-order chi connectivity index (χ0) is 13.7. The van der Waals surface area contributed by atoms with Gasteiger partial charge in [0, 0.05) is 19.5 Å². The van der Waals surface area contributed by atoms with E-state index in [0.29, 0.717) is 18.2 Å². The van der Waals surface area contributed by atoms with Crippen LogP contribution in [-0.4, -0.2) is 37.5 Å². The van der Waals surface area contributed by atoms with Gasteiger partial charge < -0.3 is 10.2 Å². The van der Waals surface area contributed by atoms with Crippen LogP contribution in [0.1, 0.15) is 24.0 Å². The maximum absolute atomic E-state index is 12.2. The topological polar surface area (TPSA) is 32.3 Å². The van der Waals surface area contributed by atoms with E-state index in [1.807, 2.05) is 24.1 Å². The molecule has 1 heterocycles. The van der Waals surface area contributed by atoms with Crippen molar-refractivity contribution >= 4 is 5.91 Å². The van der Waals surface area contributed by atoms with Gasteiger partial charge in [0.15, 0.2) is 0 Å². The highest BCUT2D eigenvalue weighted by Crippen LogP contribution is 2.17. The molecule has 3 heteroatoms. The molecule has 1 atom stereocenters. The molecule has 2 rings (SSSR count). The van der Waals surface area contributed by atoms with E-state index in [4.69, 9.17) is 0 Å². The average Bonchev–Trinajstić information content (AvgIpc) is 2.87. The summed E-state index contributed by atoms with van der Waals surface area (Å²) in [6.07, 6.45) is 2.63. The minimum Gasteiger partial charge on any atom is -0.342 e. The molecule has 1 fully saturated rings. The number of nitrogens with zero attached hydrogens (tertiary/aromatic N) is 1. The Morgan fingerprint density at radius 1 is 1.42 bits per heavy atom. The number of nitrogens with one attached hydrogen (secondary N) is 1. The van der Waals surface area contributed by atoms with Crippen molar-refractivity contribution in [2.45, 2.75) is 26.2 Å². The molecule has 0 radical (unpaired) electrons. The quantitative estimate of drug-likeness (QED) is 0.878. The van der Waals surface area contributed by atoms with Gasteiger partial charge in [-0.3, -0.25) is 4.79 Å². The second-order valence-electron chi connectivity index (χ2n) is 5.48. The lowest BCUT2D eigenvalue weighted by Crippen LogP contribution is -2.30. The zero-order valence-electron chi connectivity index (χ0n) is 12.0. The maximum atomic E-state index is 12.2. The van der Waals surface area contributed by atoms with E-state index in [-0.39, 0.29) is 0 Å². The highest BCUT2D eigenvalue weighted by atomic mass is 16.2. The second-order valence-corrected chi connectivity index (χ2v) is 5.48. The number of carbonyl (C=O) groups is 1. The minimum atomic E-state index is 0.307. The molecule has 1 N–H and O–H groups in total. The van der Waals surface area contributed by atoms with Gasteiger partial charge in [-0.1, -0.05) is 24.3 Å². The monoisotopic (exact) mass is 260 g/mol. The molecular formula is C16H24N2O. The number of rotatable bonds is 5. The molecule has 0 aromatic heterocycles. The number of likely N-dealkylation sites (tertiary alicyclic amines) is 1. The molecule has 0 aliphatic carbocycles. The number of aryl methyl sites for hydroxylation is 2. The standard InChI is InChI=1S/C16H24N2O/c1-13-5-3-4-6-15(13)7-8-16(19)18-10-9-14(12-18)11-17-2/h3-6,14,17H,7-12H2,1-2H3/t14-/m0/s1. The smallest absolute Gasteiger partial charge is 0.222 e. The summed E-state index contributed by atoms with van der Waals surface area (Å²) in [5, 5.41) is 3.20. The molecule has 3 nitrogen and oxygen atoms in total. The van der Waals surface area contributed by atoms with E-state index in [1.165, 1.54) is 11.1 Å². The van der Waals surface area contributed by atoms with Crippen LogP contribution in [0.5, 0.6) is 0 Å². The summed E-state index contributed by atoms with van der Waals surface area (Å²) >= 11 is 0. The summed E-state index contributed by atoms with van der Waals surface area (Å²) in [7, 11) is 1.97. The van der Waals surface area contributed by atoms with Crippen LogP contribution in [0.4, 0.5) is 0 Å². The Hall–Kier alpha value is -1.35. The van der Waals surface area contributed by atoms with Crippen LogP contribution in [0.25, 0.3) is 0 Å². The third-order valence-corrected chi connectivity index (χ3v) is 4.00. The predicted molar refractivity (Wildman–Crippen MR) is 78.1 cm³/mol. The maximum Gasteiger partial charge on any atom is 0.222 e. The fourth-order valence-corrected chi connectivity index (χ4v) is 2.80. The molecule has 1 aliphatic rings. The fourth-order valence-electron chi connectivity index (χ4n) is 2.80. The number of hydrogen-bond acceptors (Lipinski definition) is 2. The zero-order valence-corrected chi connectivity index (χ0v) is 12.0. The first-order chi connectivity index (χ1) is 9.20. The normalized spacial score (nSPS) is 18.8. The van der Waals surface area contributed by atoms with Gasteiger partial charge in [0.25, 0.3) is 0 Å². The molecule has 1 aromatic rings. The van der Waals surface area contributed by atoms with Gasteiger partial charge in [-0.2, -0.15) is 0 Å². The molecule has 0 saturated carbocycles. The van der Waals surface area contributed by atoms with Crippen molar-refractivity contribution in [1.82, 2.24) is 10.2 Å². The molecule has 104 valence electrons. The molecule has 19 heavy (non-hydrogen) atoms. The number of hydrogen-bond donors (Lipinski definition) is 1. The number of benzene rings is 1. The van der Waals surface area contributed by atoms with Crippen molar-refractivity contribution in [2.75, 3.05) is 26.7 Å². The third kappa shape index (κ3) is 3.80. The van der Waals surface area contributed by atoms with E-state index >= 15 is 0 Å². The highest BCUT2D eigenvalue weighted by molar-refractivity contribution is 5.76. The Labute approximate surface area is 116 Å². The molecule has 1 saturated heterocycles. The van der Waals surface area contributed by atoms with Crippen LogP contribution in [0, 0.1) is 12.8 Å². The van der Waals surface area contributed by atoms with Crippen LogP contribution < -0.4 is 5.32 Å². The second kappa shape index (κ2) is 6.71. The van der Waals surface area contributed by atoms with E-state index < -0.39 is 0 Å². The lowest BCUT2D eigenvalue weighted by atomic mass is 10.0. The minimum absolute atomic E-state index is 0.307. The van der Waals surface area contributed by atoms with Gasteiger partial charge in [-0.05, 0) is 50.4 Å². The van der Waals surface area contributed by atoms with Crippen molar-refractivity contribution in [2.24, 2.45) is 5.92 Å². The summed E-state index contributed by atoms with van der Waals surface area (Å²) < 4.78 is 0. The number of carbonyl (C=O) groups excluding carboxylic acids is 1. The van der Waals surface area contributed by atoms with Crippen molar-refractivity contribution in [3.05, 3.63) is 35.4 Å². The van der Waals surface area contributed by atoms with Crippen molar-refractivity contribution < 1.29 is 4.79 Å². The molecule has 1 aromatic carbocycles. The third-order valence-electron chi connectivity index (χ3n) is 4.00. The van der Waals surface area contributed by atoms with Gasteiger partial charge in [0.05, 0.1) is 0 Å². The van der Waals surface area contributed by atoms with Crippen LogP contribution in [0.2, 0.25) is 0 Å². The lowest BCUT2D eigenvalue weighted by Gasteiger charge is -2.17. The summed E-state index contributed by atoms with van der Waals surface area (Å²) in [5.74, 6) is 0.939. The number of amides is 1. The van der Waals surface area contributed by atoms with E-state index in [0.717, 1.165) is 32.5 Å². The van der Waals surface area contributed by atoms with Gasteiger partial charge >= 0.3 is 0 Å². The van der Waals surface area contributed by atoms with E-state index in [9.17, 15) is 4.79 Å². The van der Waals surface area contributed by atoms with Crippen molar-refractivity contribution in [3.63, 3.8) is 0 Å². The first-order valence-electron chi connectivity index (χ1n) is 7.17. The molecular weight excluding hydrogens is 236 g/mol. The summed E-state index contributed by atoms with van der Waals surface area (Å²) in [6, 6.07) is 8.32. The SMILES string of the molecule is CNC[C@@H]1CCN(C(=O)CCc2ccccc2C)C1. The first-order valence-corrected chi connectivity index (χ1v) is 7.17. The Balaban J connectivity index is 1.81. The lowest BCUT2D eigenvalue weighted by molar-refractivity contribution is -0.130. The summed E-state index contributed by atoms with van der Waals surface area (Å²) in [4.78, 5) is 14.2. The van der Waals surface area contributed by atoms with Gasteiger partial charge in [0.2, 0.25) is 5.91 Å². The molecule has 0 bridgehead atoms. The molecule has 1 amide bonds. The Kier molecular flexibility index (Phi) is 4.97. The van der Waals surface area contributed by atoms with Gasteiger partial charge in [-0.15, -0.1) is 0 Å². The molecule has 0 spiro atoms. The van der Waals surface area contributed by atoms with Gasteiger partial charge in [0.1, 0.15) is 0 Å². The molecule has 0 unspecified atom stereocenters. The Bertz CT molecular complexity index is 431. The van der Waals surface area contributed by atoms with E-state index in [1.54, 1.807) is 0 Å². The van der Waals surface area contributed by atoms with Crippen molar-refractivity contribution in [1.29, 1.82) is 0 Å². The predicted octanol–water partition coefficient (Wildman–Crippen LogP) is 2.00. The highest BCUT2D eigenvalue weighted by Gasteiger charge is 2.25. The Morgan fingerprint density at radius 2 is 2.21 bits per heavy atom. The average molecular weight is 260 g/mol. The van der Waals surface area contributed by atoms with Crippen LogP contribution in [0.15, 0.2) is 24.3 Å².